The summed E-state index contributed by atoms with van der Waals surface area (Å²) in [6, 6.07) is 8.94. The van der Waals surface area contributed by atoms with E-state index in [1.807, 2.05) is 31.2 Å². The molecule has 1 unspecified atom stereocenters. The van der Waals surface area contributed by atoms with Crippen LogP contribution in [-0.4, -0.2) is 40.9 Å². The first-order chi connectivity index (χ1) is 16.5. The number of aryl methyl sites for hydroxylation is 2. The van der Waals surface area contributed by atoms with E-state index in [9.17, 15) is 14.4 Å². The van der Waals surface area contributed by atoms with Crippen molar-refractivity contribution in [2.45, 2.75) is 45.1 Å². The molecule has 1 atom stereocenters. The highest BCUT2D eigenvalue weighted by Crippen LogP contribution is 2.39. The summed E-state index contributed by atoms with van der Waals surface area (Å²) < 4.78 is 7.11. The molecule has 1 saturated heterocycles. The Morgan fingerprint density at radius 3 is 2.88 bits per heavy atom. The van der Waals surface area contributed by atoms with Gasteiger partial charge in [0.15, 0.2) is 5.69 Å². The van der Waals surface area contributed by atoms with Crippen molar-refractivity contribution in [3.8, 4) is 5.69 Å². The molecule has 0 radical (unpaired) electrons. The largest absolute Gasteiger partial charge is 0.376 e. The van der Waals surface area contributed by atoms with Gasteiger partial charge in [0.2, 0.25) is 5.43 Å². The van der Waals surface area contributed by atoms with E-state index in [0.29, 0.717) is 17.1 Å². The Labute approximate surface area is 201 Å². The predicted octanol–water partition coefficient (Wildman–Crippen LogP) is 3.25. The molecule has 1 aromatic carbocycles. The number of carbonyl (C=O) groups excluding carboxylic acids is 2. The third-order valence-corrected chi connectivity index (χ3v) is 7.39. The highest BCUT2D eigenvalue weighted by Gasteiger charge is 2.29. The van der Waals surface area contributed by atoms with Gasteiger partial charge in [0, 0.05) is 30.3 Å². The number of ether oxygens (including phenoxy) is 1. The number of hydrogen-bond donors (Lipinski definition) is 2. The van der Waals surface area contributed by atoms with E-state index < -0.39 is 11.3 Å². The molecular weight excluding hydrogens is 452 g/mol. The van der Waals surface area contributed by atoms with E-state index in [2.05, 4.69) is 15.7 Å². The number of carbonyl (C=O) groups is 2. The summed E-state index contributed by atoms with van der Waals surface area (Å²) in [6.45, 7) is 3.12. The van der Waals surface area contributed by atoms with Gasteiger partial charge >= 0.3 is 0 Å². The molecule has 9 heteroatoms. The number of benzene rings is 1. The summed E-state index contributed by atoms with van der Waals surface area (Å²) in [5.41, 5.74) is 2.58. The summed E-state index contributed by atoms with van der Waals surface area (Å²) >= 11 is 1.41. The van der Waals surface area contributed by atoms with Crippen molar-refractivity contribution in [2.75, 3.05) is 18.5 Å². The van der Waals surface area contributed by atoms with Crippen molar-refractivity contribution in [3.63, 3.8) is 0 Å². The molecule has 2 N–H and O–H groups in total. The summed E-state index contributed by atoms with van der Waals surface area (Å²) in [4.78, 5) is 39.8. The summed E-state index contributed by atoms with van der Waals surface area (Å²) in [5.74, 6) is -0.844. The summed E-state index contributed by atoms with van der Waals surface area (Å²) in [6.07, 6.45) is 6.17. The van der Waals surface area contributed by atoms with Crippen LogP contribution >= 0.6 is 11.3 Å². The van der Waals surface area contributed by atoms with Crippen LogP contribution in [0.3, 0.4) is 0 Å². The van der Waals surface area contributed by atoms with Gasteiger partial charge in [0.05, 0.1) is 17.4 Å². The van der Waals surface area contributed by atoms with Gasteiger partial charge in [-0.1, -0.05) is 12.1 Å². The Hall–Kier alpha value is -3.30. The molecule has 2 aliphatic rings. The molecule has 1 aliphatic heterocycles. The SMILES string of the molecule is Cc1cccc(-n2ccc(=O)c(C(=O)Nc3sc4c(c3C(=O)NCC3CCCO3)CCC4)n2)c1. The van der Waals surface area contributed by atoms with Gasteiger partial charge in [-0.05, 0) is 62.3 Å². The zero-order valence-electron chi connectivity index (χ0n) is 18.9. The van der Waals surface area contributed by atoms with E-state index in [1.54, 1.807) is 0 Å². The van der Waals surface area contributed by atoms with Crippen molar-refractivity contribution in [3.05, 3.63) is 74.0 Å². The molecule has 2 amide bonds. The van der Waals surface area contributed by atoms with E-state index in [-0.39, 0.29) is 17.7 Å². The van der Waals surface area contributed by atoms with Gasteiger partial charge in [-0.2, -0.15) is 5.10 Å². The fourth-order valence-corrected chi connectivity index (χ4v) is 5.76. The number of hydrogen-bond acceptors (Lipinski definition) is 6. The van der Waals surface area contributed by atoms with Gasteiger partial charge in [0.1, 0.15) is 5.00 Å². The molecule has 34 heavy (non-hydrogen) atoms. The number of nitrogens with one attached hydrogen (secondary N) is 2. The minimum absolute atomic E-state index is 0.0299. The normalized spacial score (nSPS) is 16.9. The second-order valence-electron chi connectivity index (χ2n) is 8.67. The minimum Gasteiger partial charge on any atom is -0.376 e. The van der Waals surface area contributed by atoms with Crippen molar-refractivity contribution in [1.82, 2.24) is 15.1 Å². The number of aromatic nitrogens is 2. The van der Waals surface area contributed by atoms with Crippen LogP contribution in [0.4, 0.5) is 5.00 Å². The molecule has 0 spiro atoms. The minimum atomic E-state index is -0.625. The van der Waals surface area contributed by atoms with Crippen LogP contribution in [0.15, 0.2) is 41.3 Å². The second kappa shape index (κ2) is 9.52. The number of nitrogens with zero attached hydrogens (tertiary/aromatic N) is 2. The molecule has 176 valence electrons. The van der Waals surface area contributed by atoms with Gasteiger partial charge in [-0.25, -0.2) is 4.68 Å². The Balaban J connectivity index is 1.40. The zero-order chi connectivity index (χ0) is 23.7. The molecule has 1 fully saturated rings. The lowest BCUT2D eigenvalue weighted by Gasteiger charge is -2.13. The maximum absolute atomic E-state index is 13.1. The maximum Gasteiger partial charge on any atom is 0.280 e. The van der Waals surface area contributed by atoms with Crippen LogP contribution in [0.5, 0.6) is 0 Å². The molecule has 2 aromatic heterocycles. The van der Waals surface area contributed by atoms with Crippen LogP contribution in [0.25, 0.3) is 5.69 Å². The maximum atomic E-state index is 13.1. The second-order valence-corrected chi connectivity index (χ2v) is 9.78. The molecule has 1 aliphatic carbocycles. The predicted molar refractivity (Wildman–Crippen MR) is 130 cm³/mol. The van der Waals surface area contributed by atoms with Crippen LogP contribution in [0.2, 0.25) is 0 Å². The molecule has 3 heterocycles. The average Bonchev–Trinajstić information content (AvgIpc) is 3.56. The number of anilines is 1. The van der Waals surface area contributed by atoms with Crippen LogP contribution in [0, 0.1) is 6.92 Å². The molecule has 5 rings (SSSR count). The summed E-state index contributed by atoms with van der Waals surface area (Å²) in [7, 11) is 0. The Morgan fingerprint density at radius 2 is 2.09 bits per heavy atom. The van der Waals surface area contributed by atoms with Crippen LogP contribution in [-0.2, 0) is 17.6 Å². The molecular formula is C25H26N4O4S. The van der Waals surface area contributed by atoms with E-state index in [0.717, 1.165) is 60.4 Å². The lowest BCUT2D eigenvalue weighted by atomic mass is 10.1. The van der Waals surface area contributed by atoms with Crippen molar-refractivity contribution in [2.24, 2.45) is 0 Å². The fraction of sp³-hybridized carbons (Fsp3) is 0.360. The van der Waals surface area contributed by atoms with Crippen LogP contribution < -0.4 is 16.1 Å². The number of amides is 2. The van der Waals surface area contributed by atoms with Gasteiger partial charge in [0.25, 0.3) is 11.8 Å². The molecule has 3 aromatic rings. The molecule has 8 nitrogen and oxygen atoms in total. The highest BCUT2D eigenvalue weighted by molar-refractivity contribution is 7.17. The van der Waals surface area contributed by atoms with E-state index in [1.165, 1.54) is 28.3 Å². The van der Waals surface area contributed by atoms with Gasteiger partial charge < -0.3 is 15.4 Å². The average molecular weight is 479 g/mol. The lowest BCUT2D eigenvalue weighted by Crippen LogP contribution is -2.33. The van der Waals surface area contributed by atoms with E-state index >= 15 is 0 Å². The lowest BCUT2D eigenvalue weighted by molar-refractivity contribution is 0.0858. The first-order valence-electron chi connectivity index (χ1n) is 11.5. The van der Waals surface area contributed by atoms with Gasteiger partial charge in [-0.15, -0.1) is 11.3 Å². The van der Waals surface area contributed by atoms with E-state index in [4.69, 9.17) is 4.74 Å². The third-order valence-electron chi connectivity index (χ3n) is 6.18. The first-order valence-corrected chi connectivity index (χ1v) is 12.3. The molecule has 0 bridgehead atoms. The van der Waals surface area contributed by atoms with Crippen molar-refractivity contribution >= 4 is 28.2 Å². The standard InChI is InChI=1S/C25H26N4O4S/c1-15-5-2-6-16(13-15)29-11-10-19(30)22(28-29)24(32)27-25-21(18-8-3-9-20(18)34-25)23(31)26-14-17-7-4-12-33-17/h2,5-6,10-11,13,17H,3-4,7-9,12,14H2,1H3,(H,26,31)(H,27,32). The topological polar surface area (TPSA) is 102 Å². The fourth-order valence-electron chi connectivity index (χ4n) is 4.47. The molecule has 0 saturated carbocycles. The van der Waals surface area contributed by atoms with Gasteiger partial charge in [-0.3, -0.25) is 14.4 Å². The Kier molecular flexibility index (Phi) is 6.30. The number of rotatable bonds is 6. The monoisotopic (exact) mass is 478 g/mol. The first kappa shape index (κ1) is 22.5. The Morgan fingerprint density at radius 1 is 1.21 bits per heavy atom. The number of thiophene rings is 1. The number of fused-ring (bicyclic) bond motifs is 1. The van der Waals surface area contributed by atoms with Crippen LogP contribution in [0.1, 0.15) is 56.1 Å². The smallest absolute Gasteiger partial charge is 0.280 e. The Bertz CT molecular complexity index is 1310. The van der Waals surface area contributed by atoms with Crippen molar-refractivity contribution in [1.29, 1.82) is 0 Å². The highest BCUT2D eigenvalue weighted by atomic mass is 32.1. The third kappa shape index (κ3) is 4.53. The zero-order valence-corrected chi connectivity index (χ0v) is 19.7. The summed E-state index contributed by atoms with van der Waals surface area (Å²) in [5, 5.41) is 10.5. The van der Waals surface area contributed by atoms with Crippen molar-refractivity contribution < 1.29 is 14.3 Å². The quantitative estimate of drug-likeness (QED) is 0.566.